The number of nitrogens with zero attached hydrogens (tertiary/aromatic N) is 1. The summed E-state index contributed by atoms with van der Waals surface area (Å²) < 4.78 is 0. The van der Waals surface area contributed by atoms with Crippen LogP contribution in [0.25, 0.3) is 10.8 Å². The lowest BCUT2D eigenvalue weighted by molar-refractivity contribution is -0.139. The van der Waals surface area contributed by atoms with Gasteiger partial charge in [-0.05, 0) is 29.2 Å². The van der Waals surface area contributed by atoms with Crippen molar-refractivity contribution in [2.45, 2.75) is 31.7 Å². The summed E-state index contributed by atoms with van der Waals surface area (Å²) in [6, 6.07) is 13.8. The van der Waals surface area contributed by atoms with E-state index in [1.807, 2.05) is 42.5 Å². The number of benzene rings is 2. The second kappa shape index (κ2) is 6.18. The third kappa shape index (κ3) is 2.96. The minimum absolute atomic E-state index is 0.0279. The predicted octanol–water partition coefficient (Wildman–Crippen LogP) is 2.85. The van der Waals surface area contributed by atoms with E-state index in [1.165, 1.54) is 0 Å². The van der Waals surface area contributed by atoms with Crippen LogP contribution in [0, 0.1) is 0 Å². The number of carboxylic acids is 1. The summed E-state index contributed by atoms with van der Waals surface area (Å²) in [6.07, 6.45) is 2.05. The predicted molar refractivity (Wildman–Crippen MR) is 84.6 cm³/mol. The summed E-state index contributed by atoms with van der Waals surface area (Å²) >= 11 is 0. The number of hydrogen-bond acceptors (Lipinski definition) is 2. The molecule has 4 nitrogen and oxygen atoms in total. The molecular weight excluding hydrogens is 278 g/mol. The van der Waals surface area contributed by atoms with E-state index >= 15 is 0 Å². The van der Waals surface area contributed by atoms with Crippen LogP contribution in [0.5, 0.6) is 0 Å². The molecule has 1 amide bonds. The molecule has 4 heteroatoms. The number of carboxylic acid groups (broad SMARTS) is 1. The molecule has 0 aromatic heterocycles. The van der Waals surface area contributed by atoms with Gasteiger partial charge in [0, 0.05) is 12.6 Å². The molecule has 1 aliphatic rings. The van der Waals surface area contributed by atoms with E-state index in [9.17, 15) is 9.59 Å². The van der Waals surface area contributed by atoms with E-state index in [1.54, 1.807) is 4.90 Å². The molecule has 1 fully saturated rings. The van der Waals surface area contributed by atoms with Crippen molar-refractivity contribution in [3.05, 3.63) is 48.0 Å². The Morgan fingerprint density at radius 1 is 1.14 bits per heavy atom. The molecule has 1 N–H and O–H groups in total. The van der Waals surface area contributed by atoms with Crippen molar-refractivity contribution in [3.8, 4) is 0 Å². The lowest BCUT2D eigenvalue weighted by atomic mass is 10.0. The maximum Gasteiger partial charge on any atom is 0.305 e. The Labute approximate surface area is 129 Å². The topological polar surface area (TPSA) is 57.6 Å². The smallest absolute Gasteiger partial charge is 0.305 e. The van der Waals surface area contributed by atoms with E-state index in [-0.39, 0.29) is 18.4 Å². The number of rotatable bonds is 4. The zero-order valence-electron chi connectivity index (χ0n) is 12.4. The van der Waals surface area contributed by atoms with Crippen LogP contribution in [0.4, 0.5) is 0 Å². The fourth-order valence-corrected chi connectivity index (χ4v) is 3.29. The van der Waals surface area contributed by atoms with Crippen LogP contribution < -0.4 is 0 Å². The molecule has 2 aromatic rings. The Balaban J connectivity index is 1.79. The van der Waals surface area contributed by atoms with Crippen LogP contribution >= 0.6 is 0 Å². The van der Waals surface area contributed by atoms with Gasteiger partial charge in [-0.25, -0.2) is 0 Å². The summed E-state index contributed by atoms with van der Waals surface area (Å²) in [7, 11) is 0. The first kappa shape index (κ1) is 14.6. The third-order valence-corrected chi connectivity index (χ3v) is 4.33. The number of aliphatic carboxylic acids is 1. The standard InChI is InChI=1S/C18H19NO3/c20-17(19-10-4-8-15(19)12-18(21)22)11-14-7-3-6-13-5-1-2-9-16(13)14/h1-3,5-7,9,15H,4,8,10-12H2,(H,21,22). The molecule has 114 valence electrons. The second-order valence-electron chi connectivity index (χ2n) is 5.80. The SMILES string of the molecule is O=C(O)CC1CCCN1C(=O)Cc1cccc2ccccc12. The lowest BCUT2D eigenvalue weighted by Crippen LogP contribution is -2.37. The van der Waals surface area contributed by atoms with Crippen LogP contribution in [0.15, 0.2) is 42.5 Å². The van der Waals surface area contributed by atoms with Crippen molar-refractivity contribution in [1.82, 2.24) is 4.90 Å². The van der Waals surface area contributed by atoms with Gasteiger partial charge in [-0.1, -0.05) is 42.5 Å². The van der Waals surface area contributed by atoms with Gasteiger partial charge in [0.2, 0.25) is 5.91 Å². The minimum Gasteiger partial charge on any atom is -0.481 e. The average molecular weight is 297 g/mol. The van der Waals surface area contributed by atoms with E-state index in [4.69, 9.17) is 5.11 Å². The Kier molecular flexibility index (Phi) is 4.09. The molecule has 1 saturated heterocycles. The zero-order chi connectivity index (χ0) is 15.5. The third-order valence-electron chi connectivity index (χ3n) is 4.33. The van der Waals surface area contributed by atoms with Gasteiger partial charge in [0.05, 0.1) is 12.8 Å². The molecule has 3 rings (SSSR count). The molecule has 0 radical (unpaired) electrons. The Hall–Kier alpha value is -2.36. The molecule has 1 atom stereocenters. The molecule has 1 unspecified atom stereocenters. The van der Waals surface area contributed by atoms with Crippen molar-refractivity contribution in [2.24, 2.45) is 0 Å². The molecule has 0 aliphatic carbocycles. The molecule has 1 aliphatic heterocycles. The first-order valence-corrected chi connectivity index (χ1v) is 7.63. The first-order chi connectivity index (χ1) is 10.6. The van der Waals surface area contributed by atoms with E-state index in [2.05, 4.69) is 0 Å². The molecule has 2 aromatic carbocycles. The molecule has 0 bridgehead atoms. The maximum atomic E-state index is 12.6. The van der Waals surface area contributed by atoms with Gasteiger partial charge < -0.3 is 10.0 Å². The number of amides is 1. The second-order valence-corrected chi connectivity index (χ2v) is 5.80. The van der Waals surface area contributed by atoms with E-state index < -0.39 is 5.97 Å². The van der Waals surface area contributed by atoms with Crippen molar-refractivity contribution < 1.29 is 14.7 Å². The zero-order valence-corrected chi connectivity index (χ0v) is 12.4. The molecule has 0 spiro atoms. The number of carbonyl (C=O) groups excluding carboxylic acids is 1. The fourth-order valence-electron chi connectivity index (χ4n) is 3.29. The highest BCUT2D eigenvalue weighted by Crippen LogP contribution is 2.24. The first-order valence-electron chi connectivity index (χ1n) is 7.63. The van der Waals surface area contributed by atoms with Gasteiger partial charge in [-0.2, -0.15) is 0 Å². The number of carbonyl (C=O) groups is 2. The average Bonchev–Trinajstić information content (AvgIpc) is 2.95. The molecule has 22 heavy (non-hydrogen) atoms. The Morgan fingerprint density at radius 2 is 1.91 bits per heavy atom. The number of likely N-dealkylation sites (tertiary alicyclic amines) is 1. The van der Waals surface area contributed by atoms with Crippen molar-refractivity contribution in [2.75, 3.05) is 6.54 Å². The maximum absolute atomic E-state index is 12.6. The quantitative estimate of drug-likeness (QED) is 0.944. The van der Waals surface area contributed by atoms with Crippen molar-refractivity contribution >= 4 is 22.6 Å². The van der Waals surface area contributed by atoms with Gasteiger partial charge >= 0.3 is 5.97 Å². The Bertz CT molecular complexity index is 705. The van der Waals surface area contributed by atoms with Crippen LogP contribution in [-0.2, 0) is 16.0 Å². The molecular formula is C18H19NO3. The summed E-state index contributed by atoms with van der Waals surface area (Å²) in [6.45, 7) is 0.668. The fraction of sp³-hybridized carbons (Fsp3) is 0.333. The summed E-state index contributed by atoms with van der Waals surface area (Å²) in [5.74, 6) is -0.810. The van der Waals surface area contributed by atoms with Crippen LogP contribution in [0.3, 0.4) is 0 Å². The lowest BCUT2D eigenvalue weighted by Gasteiger charge is -2.23. The largest absolute Gasteiger partial charge is 0.481 e. The monoisotopic (exact) mass is 297 g/mol. The number of fused-ring (bicyclic) bond motifs is 1. The highest BCUT2D eigenvalue weighted by atomic mass is 16.4. The van der Waals surface area contributed by atoms with Crippen LogP contribution in [0.2, 0.25) is 0 Å². The molecule has 0 saturated carbocycles. The summed E-state index contributed by atoms with van der Waals surface area (Å²) in [5, 5.41) is 11.2. The van der Waals surface area contributed by atoms with Crippen LogP contribution in [-0.4, -0.2) is 34.5 Å². The van der Waals surface area contributed by atoms with Crippen LogP contribution in [0.1, 0.15) is 24.8 Å². The normalized spacial score (nSPS) is 17.8. The van der Waals surface area contributed by atoms with Crippen molar-refractivity contribution in [1.29, 1.82) is 0 Å². The summed E-state index contributed by atoms with van der Waals surface area (Å²) in [4.78, 5) is 25.2. The van der Waals surface area contributed by atoms with Gasteiger partial charge in [-0.3, -0.25) is 9.59 Å². The van der Waals surface area contributed by atoms with Gasteiger partial charge in [0.25, 0.3) is 0 Å². The minimum atomic E-state index is -0.838. The van der Waals surface area contributed by atoms with Gasteiger partial charge in [0.1, 0.15) is 0 Å². The highest BCUT2D eigenvalue weighted by Gasteiger charge is 2.30. The van der Waals surface area contributed by atoms with E-state index in [0.717, 1.165) is 29.2 Å². The van der Waals surface area contributed by atoms with Crippen molar-refractivity contribution in [3.63, 3.8) is 0 Å². The number of hydrogen-bond donors (Lipinski definition) is 1. The van der Waals surface area contributed by atoms with Gasteiger partial charge in [0.15, 0.2) is 0 Å². The molecule has 1 heterocycles. The summed E-state index contributed by atoms with van der Waals surface area (Å²) in [5.41, 5.74) is 1.00. The van der Waals surface area contributed by atoms with E-state index in [0.29, 0.717) is 13.0 Å². The van der Waals surface area contributed by atoms with Gasteiger partial charge in [-0.15, -0.1) is 0 Å². The highest BCUT2D eigenvalue weighted by molar-refractivity contribution is 5.90. The Morgan fingerprint density at radius 3 is 2.73 bits per heavy atom.